The van der Waals surface area contributed by atoms with Gasteiger partial charge in [-0.3, -0.25) is 4.90 Å². The molecule has 9 nitrogen and oxygen atoms in total. The van der Waals surface area contributed by atoms with Crippen LogP contribution in [0.4, 0.5) is 10.7 Å². The van der Waals surface area contributed by atoms with Crippen molar-refractivity contribution in [2.75, 3.05) is 31.5 Å². The summed E-state index contributed by atoms with van der Waals surface area (Å²) in [6, 6.07) is 10.6. The highest BCUT2D eigenvalue weighted by Gasteiger charge is 2.34. The third-order valence-corrected chi connectivity index (χ3v) is 7.51. The highest BCUT2D eigenvalue weighted by atomic mass is 35.5. The number of para-hydroxylation sites is 1. The number of aromatic amines is 1. The number of piperidine rings is 2. The van der Waals surface area contributed by atoms with Gasteiger partial charge in [-0.25, -0.2) is 14.8 Å². The van der Waals surface area contributed by atoms with E-state index in [2.05, 4.69) is 26.3 Å². The minimum Gasteiger partial charge on any atom is -0.465 e. The average Bonchev–Trinajstić information content (AvgIpc) is 3.31. The molecule has 35 heavy (non-hydrogen) atoms. The highest BCUT2D eigenvalue weighted by molar-refractivity contribution is 6.33. The van der Waals surface area contributed by atoms with E-state index in [1.54, 1.807) is 6.20 Å². The van der Waals surface area contributed by atoms with E-state index in [1.165, 1.54) is 4.90 Å². The summed E-state index contributed by atoms with van der Waals surface area (Å²) in [5, 5.41) is 24.1. The average molecular weight is 494 g/mol. The normalized spacial score (nSPS) is 18.9. The van der Waals surface area contributed by atoms with Crippen molar-refractivity contribution < 1.29 is 9.90 Å². The lowest BCUT2D eigenvalue weighted by Gasteiger charge is -2.40. The van der Waals surface area contributed by atoms with Gasteiger partial charge in [0.15, 0.2) is 0 Å². The van der Waals surface area contributed by atoms with Crippen LogP contribution in [0.15, 0.2) is 36.7 Å². The number of likely N-dealkylation sites (tertiary alicyclic amines) is 2. The number of fused-ring (bicyclic) bond motifs is 1. The lowest BCUT2D eigenvalue weighted by atomic mass is 9.88. The van der Waals surface area contributed by atoms with Crippen LogP contribution in [0.25, 0.3) is 22.2 Å². The summed E-state index contributed by atoms with van der Waals surface area (Å²) < 4.78 is 0. The van der Waals surface area contributed by atoms with Crippen LogP contribution in [0, 0.1) is 17.2 Å². The van der Waals surface area contributed by atoms with Crippen LogP contribution in [-0.4, -0.2) is 74.2 Å². The summed E-state index contributed by atoms with van der Waals surface area (Å²) in [4.78, 5) is 27.3. The van der Waals surface area contributed by atoms with Crippen LogP contribution in [0.3, 0.4) is 0 Å². The van der Waals surface area contributed by atoms with Gasteiger partial charge in [0, 0.05) is 54.9 Å². The van der Waals surface area contributed by atoms with Crippen molar-refractivity contribution in [1.82, 2.24) is 24.8 Å². The van der Waals surface area contributed by atoms with E-state index in [1.807, 2.05) is 30.5 Å². The Kier molecular flexibility index (Phi) is 6.75. The molecule has 182 valence electrons. The van der Waals surface area contributed by atoms with Crippen molar-refractivity contribution in [3.05, 3.63) is 41.7 Å². The van der Waals surface area contributed by atoms with Crippen LogP contribution in [0.5, 0.6) is 0 Å². The first-order chi connectivity index (χ1) is 17.0. The maximum absolute atomic E-state index is 11.2. The molecule has 1 aromatic carbocycles. The maximum atomic E-state index is 11.2. The van der Waals surface area contributed by atoms with E-state index >= 15 is 0 Å². The monoisotopic (exact) mass is 493 g/mol. The Bertz CT molecular complexity index is 1240. The van der Waals surface area contributed by atoms with Gasteiger partial charge >= 0.3 is 6.09 Å². The molecule has 3 aromatic rings. The molecule has 0 saturated carbocycles. The summed E-state index contributed by atoms with van der Waals surface area (Å²) in [7, 11) is 0. The fraction of sp³-hybridized carbons (Fsp3) is 0.440. The number of nitrogens with one attached hydrogen (secondary N) is 2. The number of nitrogens with zero attached hydrogens (tertiary/aromatic N) is 5. The molecule has 2 aromatic heterocycles. The number of carbonyl (C=O) groups is 1. The van der Waals surface area contributed by atoms with E-state index in [9.17, 15) is 15.2 Å². The molecule has 10 heteroatoms. The van der Waals surface area contributed by atoms with Crippen LogP contribution in [0.1, 0.15) is 25.7 Å². The zero-order valence-corrected chi connectivity index (χ0v) is 20.1. The zero-order valence-electron chi connectivity index (χ0n) is 19.3. The third-order valence-electron chi connectivity index (χ3n) is 7.23. The Morgan fingerprint density at radius 1 is 1.20 bits per heavy atom. The SMILES string of the molecule is N#CC(C1CCN(C(=O)O)CC1)N1CCC(Nc2ncc(Cl)c(-c3c[nH]c4ccccc34)n2)CC1. The predicted octanol–water partition coefficient (Wildman–Crippen LogP) is 4.44. The fourth-order valence-corrected chi connectivity index (χ4v) is 5.48. The van der Waals surface area contributed by atoms with Gasteiger partial charge in [0.1, 0.15) is 6.04 Å². The Hall–Kier alpha value is -3.35. The van der Waals surface area contributed by atoms with Crippen LogP contribution < -0.4 is 5.32 Å². The molecule has 0 spiro atoms. The number of nitriles is 1. The molecule has 1 atom stereocenters. The first kappa shape index (κ1) is 23.4. The number of carboxylic acid groups (broad SMARTS) is 1. The molecule has 3 N–H and O–H groups in total. The van der Waals surface area contributed by atoms with Crippen molar-refractivity contribution in [2.45, 2.75) is 37.8 Å². The van der Waals surface area contributed by atoms with Crippen molar-refractivity contribution in [3.8, 4) is 17.3 Å². The van der Waals surface area contributed by atoms with E-state index in [-0.39, 0.29) is 18.0 Å². The number of rotatable bonds is 5. The van der Waals surface area contributed by atoms with Gasteiger partial charge < -0.3 is 20.3 Å². The Morgan fingerprint density at radius 2 is 1.94 bits per heavy atom. The fourth-order valence-electron chi connectivity index (χ4n) is 5.29. The Balaban J connectivity index is 1.21. The molecular formula is C25H28ClN7O2. The smallest absolute Gasteiger partial charge is 0.407 e. The Labute approximate surface area is 208 Å². The van der Waals surface area contributed by atoms with Crippen LogP contribution in [0.2, 0.25) is 5.02 Å². The first-order valence-corrected chi connectivity index (χ1v) is 12.4. The van der Waals surface area contributed by atoms with Gasteiger partial charge in [-0.15, -0.1) is 0 Å². The molecule has 2 fully saturated rings. The molecule has 1 amide bonds. The third kappa shape index (κ3) is 4.90. The molecule has 2 aliphatic rings. The summed E-state index contributed by atoms with van der Waals surface area (Å²) in [5.74, 6) is 0.754. The quantitative estimate of drug-likeness (QED) is 0.480. The minimum absolute atomic E-state index is 0.174. The van der Waals surface area contributed by atoms with Crippen LogP contribution in [-0.2, 0) is 0 Å². The van der Waals surface area contributed by atoms with Gasteiger partial charge in [0.2, 0.25) is 5.95 Å². The van der Waals surface area contributed by atoms with Crippen molar-refractivity contribution in [3.63, 3.8) is 0 Å². The van der Waals surface area contributed by atoms with Gasteiger partial charge in [0.05, 0.1) is 23.0 Å². The largest absolute Gasteiger partial charge is 0.465 e. The standard InChI is InChI=1S/C25H28ClN7O2/c26-20-15-29-24(31-23(20)19-14-28-21-4-2-1-3-18(19)21)30-17-7-11-32(12-8-17)22(13-27)16-5-9-33(10-6-16)25(34)35/h1-4,14-17,22,28H,5-12H2,(H,34,35)(H,29,30,31). The number of benzene rings is 1. The molecule has 1 unspecified atom stereocenters. The lowest BCUT2D eigenvalue weighted by molar-refractivity contribution is 0.0896. The molecule has 5 rings (SSSR count). The lowest BCUT2D eigenvalue weighted by Crippen LogP contribution is -2.50. The number of halogens is 1. The summed E-state index contributed by atoms with van der Waals surface area (Å²) >= 11 is 6.46. The van der Waals surface area contributed by atoms with E-state index in [4.69, 9.17) is 16.6 Å². The molecule has 4 heterocycles. The summed E-state index contributed by atoms with van der Waals surface area (Å²) in [6.45, 7) is 2.61. The Morgan fingerprint density at radius 3 is 2.66 bits per heavy atom. The van der Waals surface area contributed by atoms with Crippen molar-refractivity contribution in [2.24, 2.45) is 5.92 Å². The molecule has 0 radical (unpaired) electrons. The number of aromatic nitrogens is 3. The second-order valence-electron chi connectivity index (χ2n) is 9.27. The van der Waals surface area contributed by atoms with Crippen molar-refractivity contribution >= 4 is 34.5 Å². The molecule has 2 saturated heterocycles. The van der Waals surface area contributed by atoms with E-state index in [0.717, 1.165) is 55.2 Å². The van der Waals surface area contributed by atoms with E-state index in [0.29, 0.717) is 29.8 Å². The number of hydrogen-bond donors (Lipinski definition) is 3. The van der Waals surface area contributed by atoms with Crippen LogP contribution >= 0.6 is 11.6 Å². The molecule has 0 bridgehead atoms. The highest BCUT2D eigenvalue weighted by Crippen LogP contribution is 2.33. The number of H-pyrrole nitrogens is 1. The minimum atomic E-state index is -0.874. The van der Waals surface area contributed by atoms with Gasteiger partial charge in [-0.2, -0.15) is 5.26 Å². The van der Waals surface area contributed by atoms with Crippen molar-refractivity contribution in [1.29, 1.82) is 5.26 Å². The summed E-state index contributed by atoms with van der Waals surface area (Å²) in [6.07, 6.45) is 5.90. The zero-order chi connectivity index (χ0) is 24.4. The maximum Gasteiger partial charge on any atom is 0.407 e. The number of anilines is 1. The molecular weight excluding hydrogens is 466 g/mol. The summed E-state index contributed by atoms with van der Waals surface area (Å²) in [5.41, 5.74) is 2.66. The van der Waals surface area contributed by atoms with Gasteiger partial charge in [0.25, 0.3) is 0 Å². The predicted molar refractivity (Wildman–Crippen MR) is 134 cm³/mol. The van der Waals surface area contributed by atoms with Gasteiger partial charge in [-0.05, 0) is 37.7 Å². The second kappa shape index (κ2) is 10.1. The second-order valence-corrected chi connectivity index (χ2v) is 9.68. The topological polar surface area (TPSA) is 121 Å². The number of amides is 1. The first-order valence-electron chi connectivity index (χ1n) is 12.0. The number of hydrogen-bond acceptors (Lipinski definition) is 6. The van der Waals surface area contributed by atoms with E-state index < -0.39 is 6.09 Å². The molecule has 0 aliphatic carbocycles. The van der Waals surface area contributed by atoms with Gasteiger partial charge in [-0.1, -0.05) is 29.8 Å². The molecule has 2 aliphatic heterocycles.